The molecule has 0 heterocycles. The molecule has 0 amide bonds. The lowest BCUT2D eigenvalue weighted by atomic mass is 10.2. The SMILES string of the molecule is O=Cc1cc(Br)c([N+](=O)[O-])cc1F. The van der Waals surface area contributed by atoms with Gasteiger partial charge < -0.3 is 0 Å². The molecule has 0 aliphatic carbocycles. The van der Waals surface area contributed by atoms with Crippen LogP contribution in [-0.4, -0.2) is 11.2 Å². The molecule has 0 atom stereocenters. The Hall–Kier alpha value is -1.30. The van der Waals surface area contributed by atoms with Crippen molar-refractivity contribution >= 4 is 27.9 Å². The number of benzene rings is 1. The van der Waals surface area contributed by atoms with E-state index in [0.29, 0.717) is 12.4 Å². The predicted molar refractivity (Wildman–Crippen MR) is 46.1 cm³/mol. The van der Waals surface area contributed by atoms with Crippen LogP contribution in [0.4, 0.5) is 10.1 Å². The molecule has 0 aromatic heterocycles. The Kier molecular flexibility index (Phi) is 2.72. The first-order chi connectivity index (χ1) is 6.06. The van der Waals surface area contributed by atoms with Gasteiger partial charge in [0.25, 0.3) is 5.69 Å². The molecule has 0 unspecified atom stereocenters. The van der Waals surface area contributed by atoms with Crippen molar-refractivity contribution in [1.82, 2.24) is 0 Å². The highest BCUT2D eigenvalue weighted by Gasteiger charge is 2.15. The summed E-state index contributed by atoms with van der Waals surface area (Å²) in [6.07, 6.45) is 0.295. The average Bonchev–Trinajstić information content (AvgIpc) is 2.07. The second kappa shape index (κ2) is 3.61. The quantitative estimate of drug-likeness (QED) is 0.458. The summed E-state index contributed by atoms with van der Waals surface area (Å²) in [4.78, 5) is 19.8. The minimum absolute atomic E-state index is 0.0843. The van der Waals surface area contributed by atoms with Gasteiger partial charge >= 0.3 is 0 Å². The van der Waals surface area contributed by atoms with Crippen molar-refractivity contribution in [1.29, 1.82) is 0 Å². The van der Waals surface area contributed by atoms with Crippen LogP contribution in [0.5, 0.6) is 0 Å². The number of aldehydes is 1. The zero-order chi connectivity index (χ0) is 10.0. The van der Waals surface area contributed by atoms with Gasteiger partial charge in [0.05, 0.1) is 21.0 Å². The molecule has 0 bridgehead atoms. The zero-order valence-electron chi connectivity index (χ0n) is 6.16. The van der Waals surface area contributed by atoms with Gasteiger partial charge in [-0.2, -0.15) is 0 Å². The van der Waals surface area contributed by atoms with E-state index < -0.39 is 16.4 Å². The molecule has 1 aromatic rings. The van der Waals surface area contributed by atoms with Crippen LogP contribution in [-0.2, 0) is 0 Å². The number of nitro groups is 1. The number of rotatable bonds is 2. The van der Waals surface area contributed by atoms with Gasteiger partial charge in [-0.05, 0) is 22.0 Å². The number of carbonyl (C=O) groups is 1. The maximum Gasteiger partial charge on any atom is 0.286 e. The van der Waals surface area contributed by atoms with Crippen molar-refractivity contribution < 1.29 is 14.1 Å². The van der Waals surface area contributed by atoms with E-state index in [1.165, 1.54) is 0 Å². The van der Waals surface area contributed by atoms with E-state index in [9.17, 15) is 19.3 Å². The standard InChI is InChI=1S/C7H3BrFNO3/c8-5-1-4(3-11)6(9)2-7(5)10(12)13/h1-3H. The van der Waals surface area contributed by atoms with Crippen molar-refractivity contribution in [3.05, 3.63) is 38.1 Å². The average molecular weight is 248 g/mol. The van der Waals surface area contributed by atoms with Crippen LogP contribution in [0.1, 0.15) is 10.4 Å². The fourth-order valence-electron chi connectivity index (χ4n) is 0.782. The van der Waals surface area contributed by atoms with Crippen molar-refractivity contribution in [3.63, 3.8) is 0 Å². The number of nitro benzene ring substituents is 1. The Labute approximate surface area is 80.6 Å². The van der Waals surface area contributed by atoms with Crippen LogP contribution < -0.4 is 0 Å². The van der Waals surface area contributed by atoms with E-state index in [0.717, 1.165) is 6.07 Å². The number of hydrogen-bond acceptors (Lipinski definition) is 3. The minimum atomic E-state index is -0.898. The van der Waals surface area contributed by atoms with Crippen molar-refractivity contribution in [2.45, 2.75) is 0 Å². The van der Waals surface area contributed by atoms with Gasteiger partial charge in [-0.15, -0.1) is 0 Å². The normalized spacial score (nSPS) is 9.69. The first kappa shape index (κ1) is 9.79. The Morgan fingerprint density at radius 1 is 1.54 bits per heavy atom. The molecule has 0 aliphatic heterocycles. The lowest BCUT2D eigenvalue weighted by Crippen LogP contribution is -1.94. The van der Waals surface area contributed by atoms with Crippen LogP contribution in [0.15, 0.2) is 16.6 Å². The molecular formula is C7H3BrFNO3. The van der Waals surface area contributed by atoms with Crippen LogP contribution >= 0.6 is 15.9 Å². The van der Waals surface area contributed by atoms with Gasteiger partial charge in [0.2, 0.25) is 0 Å². The van der Waals surface area contributed by atoms with E-state index >= 15 is 0 Å². The Morgan fingerprint density at radius 2 is 2.15 bits per heavy atom. The molecule has 0 radical (unpaired) electrons. The highest BCUT2D eigenvalue weighted by atomic mass is 79.9. The van der Waals surface area contributed by atoms with E-state index in [4.69, 9.17) is 0 Å². The first-order valence-corrected chi connectivity index (χ1v) is 3.94. The lowest BCUT2D eigenvalue weighted by molar-refractivity contribution is -0.385. The summed E-state index contributed by atoms with van der Waals surface area (Å²) in [5.41, 5.74) is -0.611. The summed E-state index contributed by atoms with van der Waals surface area (Å²) < 4.78 is 12.9. The molecule has 0 saturated heterocycles. The summed E-state index contributed by atoms with van der Waals surface area (Å²) >= 11 is 2.86. The Balaban J connectivity index is 3.36. The van der Waals surface area contributed by atoms with Gasteiger partial charge in [0, 0.05) is 0 Å². The van der Waals surface area contributed by atoms with E-state index in [1.54, 1.807) is 0 Å². The van der Waals surface area contributed by atoms with Gasteiger partial charge in [0.15, 0.2) is 6.29 Å². The van der Waals surface area contributed by atoms with Crippen molar-refractivity contribution in [2.75, 3.05) is 0 Å². The fraction of sp³-hybridized carbons (Fsp3) is 0. The summed E-state index contributed by atoms with van der Waals surface area (Å²) in [6.45, 7) is 0. The Bertz CT molecular complexity index is 380. The first-order valence-electron chi connectivity index (χ1n) is 3.15. The second-order valence-electron chi connectivity index (χ2n) is 2.20. The maximum atomic E-state index is 12.8. The molecule has 13 heavy (non-hydrogen) atoms. The van der Waals surface area contributed by atoms with Crippen molar-refractivity contribution in [2.24, 2.45) is 0 Å². The van der Waals surface area contributed by atoms with Crippen LogP contribution in [0, 0.1) is 15.9 Å². The summed E-state index contributed by atoms with van der Waals surface area (Å²) in [5.74, 6) is -0.898. The molecule has 0 fully saturated rings. The highest BCUT2D eigenvalue weighted by Crippen LogP contribution is 2.26. The van der Waals surface area contributed by atoms with Crippen LogP contribution in [0.25, 0.3) is 0 Å². The molecule has 0 saturated carbocycles. The molecule has 0 N–H and O–H groups in total. The smallest absolute Gasteiger partial charge is 0.286 e. The largest absolute Gasteiger partial charge is 0.298 e. The third-order valence-electron chi connectivity index (χ3n) is 1.39. The second-order valence-corrected chi connectivity index (χ2v) is 3.05. The van der Waals surface area contributed by atoms with E-state index in [2.05, 4.69) is 15.9 Å². The summed E-state index contributed by atoms with van der Waals surface area (Å²) in [6, 6.07) is 1.77. The van der Waals surface area contributed by atoms with Gasteiger partial charge in [-0.1, -0.05) is 0 Å². The molecule has 4 nitrogen and oxygen atoms in total. The summed E-state index contributed by atoms with van der Waals surface area (Å²) in [5, 5.41) is 10.3. The van der Waals surface area contributed by atoms with Crippen LogP contribution in [0.3, 0.4) is 0 Å². The third-order valence-corrected chi connectivity index (χ3v) is 2.02. The number of carbonyl (C=O) groups excluding carboxylic acids is 1. The monoisotopic (exact) mass is 247 g/mol. The molecule has 1 rings (SSSR count). The summed E-state index contributed by atoms with van der Waals surface area (Å²) in [7, 11) is 0. The maximum absolute atomic E-state index is 12.8. The molecule has 0 aliphatic rings. The molecule has 1 aromatic carbocycles. The lowest BCUT2D eigenvalue weighted by Gasteiger charge is -1.97. The number of halogens is 2. The minimum Gasteiger partial charge on any atom is -0.298 e. The van der Waals surface area contributed by atoms with Crippen LogP contribution in [0.2, 0.25) is 0 Å². The van der Waals surface area contributed by atoms with E-state index in [-0.39, 0.29) is 10.0 Å². The molecule has 68 valence electrons. The number of nitrogens with zero attached hydrogens (tertiary/aromatic N) is 1. The predicted octanol–water partition coefficient (Wildman–Crippen LogP) is 2.31. The Morgan fingerprint density at radius 3 is 2.62 bits per heavy atom. The molecule has 6 heteroatoms. The third kappa shape index (κ3) is 1.89. The topological polar surface area (TPSA) is 60.2 Å². The highest BCUT2D eigenvalue weighted by molar-refractivity contribution is 9.10. The number of hydrogen-bond donors (Lipinski definition) is 0. The molecule has 0 spiro atoms. The van der Waals surface area contributed by atoms with Gasteiger partial charge in [-0.3, -0.25) is 14.9 Å². The van der Waals surface area contributed by atoms with E-state index in [1.807, 2.05) is 0 Å². The van der Waals surface area contributed by atoms with Gasteiger partial charge in [0.1, 0.15) is 5.82 Å². The molecular weight excluding hydrogens is 245 g/mol. The van der Waals surface area contributed by atoms with Gasteiger partial charge in [-0.25, -0.2) is 4.39 Å². The van der Waals surface area contributed by atoms with Crippen molar-refractivity contribution in [3.8, 4) is 0 Å². The fourth-order valence-corrected chi connectivity index (χ4v) is 1.29. The zero-order valence-corrected chi connectivity index (χ0v) is 7.75.